The Hall–Kier alpha value is -0.710. The predicted molar refractivity (Wildman–Crippen MR) is 107 cm³/mol. The van der Waals surface area contributed by atoms with Crippen LogP contribution in [0.4, 0.5) is 5.69 Å². The van der Waals surface area contributed by atoms with E-state index in [1.165, 1.54) is 6.92 Å². The van der Waals surface area contributed by atoms with Gasteiger partial charge in [-0.2, -0.15) is 0 Å². The van der Waals surface area contributed by atoms with Gasteiger partial charge in [-0.25, -0.2) is 0 Å². The van der Waals surface area contributed by atoms with Crippen LogP contribution in [0.2, 0.25) is 0 Å². The van der Waals surface area contributed by atoms with E-state index in [2.05, 4.69) is 10.6 Å². The number of halogens is 3. The molecular weight excluding hydrogens is 647 g/mol. The van der Waals surface area contributed by atoms with E-state index in [1.807, 2.05) is 45.2 Å². The van der Waals surface area contributed by atoms with Gasteiger partial charge in [0.05, 0.1) is 24.0 Å². The third-order valence-corrected chi connectivity index (χ3v) is 5.73. The van der Waals surface area contributed by atoms with Crippen LogP contribution in [0.25, 0.3) is 0 Å². The molecule has 0 aliphatic rings. The number of primary amides is 1. The summed E-state index contributed by atoms with van der Waals surface area (Å²) < 4.78 is 1.09. The van der Waals surface area contributed by atoms with Crippen LogP contribution in [0, 0.1) is 10.7 Å². The molecule has 0 spiro atoms. The van der Waals surface area contributed by atoms with Crippen LogP contribution < -0.4 is 16.4 Å². The van der Waals surface area contributed by atoms with Crippen molar-refractivity contribution in [2.45, 2.75) is 6.92 Å². The maximum absolute atomic E-state index is 12.3. The van der Waals surface area contributed by atoms with Crippen LogP contribution in [0.3, 0.4) is 0 Å². The van der Waals surface area contributed by atoms with Gasteiger partial charge in [0.2, 0.25) is 5.91 Å². The second-order valence-corrected chi connectivity index (χ2v) is 7.43. The van der Waals surface area contributed by atoms with Crippen LogP contribution in [-0.4, -0.2) is 35.3 Å². The summed E-state index contributed by atoms with van der Waals surface area (Å²) in [7, 11) is 0. The zero-order valence-electron chi connectivity index (χ0n) is 11.5. The van der Waals surface area contributed by atoms with Crippen molar-refractivity contribution in [3.05, 3.63) is 21.8 Å². The summed E-state index contributed by atoms with van der Waals surface area (Å²) in [6, 6.07) is 0. The van der Waals surface area contributed by atoms with Crippen molar-refractivity contribution in [1.29, 1.82) is 0 Å². The van der Waals surface area contributed by atoms with Gasteiger partial charge in [-0.3, -0.25) is 19.2 Å². The smallest absolute Gasteiger partial charge is 0.322 e. The first-order valence-corrected chi connectivity index (χ1v) is 9.09. The summed E-state index contributed by atoms with van der Waals surface area (Å²) in [6.45, 7) is 0.719. The third kappa shape index (κ3) is 4.88. The molecule has 1 aromatic carbocycles. The number of hydrogen-bond donors (Lipinski definition) is 4. The Morgan fingerprint density at radius 1 is 1.04 bits per heavy atom. The Morgan fingerprint density at radius 2 is 1.57 bits per heavy atom. The number of benzene rings is 1. The highest BCUT2D eigenvalue weighted by Gasteiger charge is 2.27. The first-order valence-electron chi connectivity index (χ1n) is 5.85. The lowest BCUT2D eigenvalue weighted by Gasteiger charge is -2.17. The fourth-order valence-electron chi connectivity index (χ4n) is 1.61. The summed E-state index contributed by atoms with van der Waals surface area (Å²) in [5, 5.41) is 13.5. The summed E-state index contributed by atoms with van der Waals surface area (Å²) in [5.74, 6) is -3.01. The molecule has 1 rings (SSSR count). The van der Waals surface area contributed by atoms with E-state index in [4.69, 9.17) is 10.8 Å². The molecule has 0 heterocycles. The number of nitrogens with one attached hydrogen (secondary N) is 2. The molecule has 0 aliphatic carbocycles. The molecule has 1 aromatic rings. The van der Waals surface area contributed by atoms with E-state index >= 15 is 0 Å². The van der Waals surface area contributed by atoms with Crippen LogP contribution in [-0.2, 0) is 9.59 Å². The number of carboxylic acid groups (broad SMARTS) is 1. The number of hydrogen-bond acceptors (Lipinski definition) is 4. The largest absolute Gasteiger partial charge is 0.480 e. The summed E-state index contributed by atoms with van der Waals surface area (Å²) in [6.07, 6.45) is 0. The molecule has 0 fully saturated rings. The number of anilines is 1. The quantitative estimate of drug-likeness (QED) is 0.355. The number of nitrogens with two attached hydrogens (primary N) is 1. The molecule has 0 unspecified atom stereocenters. The molecule has 3 amide bonds. The number of amides is 3. The van der Waals surface area contributed by atoms with Crippen molar-refractivity contribution in [3.8, 4) is 0 Å². The van der Waals surface area contributed by atoms with E-state index in [-0.39, 0.29) is 22.7 Å². The maximum atomic E-state index is 12.3. The van der Waals surface area contributed by atoms with Crippen molar-refractivity contribution in [2.75, 3.05) is 11.9 Å². The Bertz CT molecular complexity index is 721. The van der Waals surface area contributed by atoms with Gasteiger partial charge in [-0.15, -0.1) is 0 Å². The van der Waals surface area contributed by atoms with Gasteiger partial charge < -0.3 is 21.5 Å². The molecule has 0 radical (unpaired) electrons. The summed E-state index contributed by atoms with van der Waals surface area (Å²) in [5.41, 5.74) is 5.83. The summed E-state index contributed by atoms with van der Waals surface area (Å²) in [4.78, 5) is 45.9. The van der Waals surface area contributed by atoms with Gasteiger partial charge in [0, 0.05) is 10.5 Å². The first kappa shape index (κ1) is 20.3. The monoisotopic (exact) mass is 657 g/mol. The Balaban J connectivity index is 3.58. The molecule has 0 atom stereocenters. The second kappa shape index (κ2) is 8.41. The molecule has 5 N–H and O–H groups in total. The van der Waals surface area contributed by atoms with E-state index in [0.29, 0.717) is 10.7 Å². The number of carbonyl (C=O) groups is 4. The highest BCUT2D eigenvalue weighted by atomic mass is 127. The van der Waals surface area contributed by atoms with Crippen molar-refractivity contribution >= 4 is 97.2 Å². The molecule has 124 valence electrons. The molecule has 11 heteroatoms. The van der Waals surface area contributed by atoms with Crippen molar-refractivity contribution < 1.29 is 24.3 Å². The number of aliphatic carboxylic acids is 1. The van der Waals surface area contributed by atoms with Crippen molar-refractivity contribution in [3.63, 3.8) is 0 Å². The molecule has 0 aliphatic heterocycles. The lowest BCUT2D eigenvalue weighted by molar-refractivity contribution is -0.135. The molecule has 0 aromatic heterocycles. The second-order valence-electron chi connectivity index (χ2n) is 4.19. The van der Waals surface area contributed by atoms with Crippen LogP contribution in [0.1, 0.15) is 27.6 Å². The normalized spacial score (nSPS) is 10.1. The van der Waals surface area contributed by atoms with E-state index < -0.39 is 24.3 Å². The Kier molecular flexibility index (Phi) is 7.43. The van der Waals surface area contributed by atoms with Gasteiger partial charge in [-0.1, -0.05) is 0 Å². The SMILES string of the molecule is CC(=O)Nc1c(I)c(C(N)=O)c(I)c(C(=O)NCC(=O)O)c1I. The third-order valence-electron chi connectivity index (χ3n) is 2.49. The number of carbonyl (C=O) groups excluding carboxylic acids is 3. The minimum Gasteiger partial charge on any atom is -0.480 e. The van der Waals surface area contributed by atoms with Crippen molar-refractivity contribution in [1.82, 2.24) is 5.32 Å². The fourth-order valence-corrected chi connectivity index (χ4v) is 6.07. The fraction of sp³-hybridized carbons (Fsp3) is 0.167. The van der Waals surface area contributed by atoms with Gasteiger partial charge in [-0.05, 0) is 67.8 Å². The Labute approximate surface area is 171 Å². The Morgan fingerprint density at radius 3 is 2.00 bits per heavy atom. The van der Waals surface area contributed by atoms with Crippen LogP contribution >= 0.6 is 67.8 Å². The molecular formula is C12H10I3N3O5. The molecule has 8 nitrogen and oxygen atoms in total. The highest BCUT2D eigenvalue weighted by Crippen LogP contribution is 2.35. The maximum Gasteiger partial charge on any atom is 0.322 e. The highest BCUT2D eigenvalue weighted by molar-refractivity contribution is 14.1. The predicted octanol–water partition coefficient (Wildman–Crippen LogP) is 1.37. The standard InChI is InChI=1S/C12H10I3N3O5/c1-3(19)18-10-8(14)5(11(16)22)7(13)6(9(10)15)12(23)17-2-4(20)21/h2H2,1H3,(H2,16,22)(H,17,23)(H,18,19)(H,20,21). The average molecular weight is 657 g/mol. The zero-order chi connectivity index (χ0) is 17.9. The number of carboxylic acids is 1. The van der Waals surface area contributed by atoms with Gasteiger partial charge in [0.25, 0.3) is 11.8 Å². The average Bonchev–Trinajstić information content (AvgIpc) is 2.40. The first-order chi connectivity index (χ1) is 10.6. The lowest BCUT2D eigenvalue weighted by atomic mass is 10.1. The summed E-state index contributed by atoms with van der Waals surface area (Å²) >= 11 is 5.51. The van der Waals surface area contributed by atoms with E-state index in [0.717, 1.165) is 0 Å². The topological polar surface area (TPSA) is 139 Å². The molecule has 0 bridgehead atoms. The molecule has 0 saturated carbocycles. The minimum absolute atomic E-state index is 0.0883. The van der Waals surface area contributed by atoms with E-state index in [9.17, 15) is 19.2 Å². The molecule has 0 saturated heterocycles. The van der Waals surface area contributed by atoms with Crippen LogP contribution in [0.5, 0.6) is 0 Å². The van der Waals surface area contributed by atoms with Gasteiger partial charge in [0.15, 0.2) is 0 Å². The molecule has 23 heavy (non-hydrogen) atoms. The zero-order valence-corrected chi connectivity index (χ0v) is 18.0. The van der Waals surface area contributed by atoms with Gasteiger partial charge in [0.1, 0.15) is 6.54 Å². The number of rotatable bonds is 5. The van der Waals surface area contributed by atoms with E-state index in [1.54, 1.807) is 22.6 Å². The van der Waals surface area contributed by atoms with Crippen LogP contribution in [0.15, 0.2) is 0 Å². The van der Waals surface area contributed by atoms with Crippen molar-refractivity contribution in [2.24, 2.45) is 5.73 Å². The minimum atomic E-state index is -1.20. The lowest BCUT2D eigenvalue weighted by Crippen LogP contribution is -2.32. The van der Waals surface area contributed by atoms with Gasteiger partial charge >= 0.3 is 5.97 Å².